The average molecular weight is 327 g/mol. The van der Waals surface area contributed by atoms with Gasteiger partial charge in [0.25, 0.3) is 5.91 Å². The largest absolute Gasteiger partial charge is 0.390 e. The summed E-state index contributed by atoms with van der Waals surface area (Å²) in [6, 6.07) is 7.47. The number of amides is 1. The number of carbonyl (C=O) groups is 1. The Balaban J connectivity index is 1.59. The number of aromatic nitrogens is 2. The van der Waals surface area contributed by atoms with E-state index in [0.29, 0.717) is 25.2 Å². The third kappa shape index (κ3) is 2.61. The van der Waals surface area contributed by atoms with Gasteiger partial charge >= 0.3 is 0 Å². The van der Waals surface area contributed by atoms with Crippen LogP contribution in [0.2, 0.25) is 0 Å². The molecule has 0 unspecified atom stereocenters. The maximum Gasteiger partial charge on any atom is 0.255 e. The number of hydrogen-bond acceptors (Lipinski definition) is 4. The topological polar surface area (TPSA) is 76.4 Å². The molecule has 1 saturated heterocycles. The van der Waals surface area contributed by atoms with Crippen molar-refractivity contribution < 1.29 is 14.6 Å². The van der Waals surface area contributed by atoms with Gasteiger partial charge in [0.2, 0.25) is 0 Å². The first-order chi connectivity index (χ1) is 11.6. The van der Waals surface area contributed by atoms with Crippen LogP contribution in [0.25, 0.3) is 0 Å². The number of fused-ring (bicyclic) bond motifs is 1. The van der Waals surface area contributed by atoms with E-state index in [1.165, 1.54) is 0 Å². The zero-order chi connectivity index (χ0) is 16.7. The lowest BCUT2D eigenvalue weighted by Gasteiger charge is -2.18. The molecule has 126 valence electrons. The lowest BCUT2D eigenvalue weighted by atomic mass is 10.0. The third-order valence-corrected chi connectivity index (χ3v) is 4.91. The number of nitrogens with one attached hydrogen (secondary N) is 1. The van der Waals surface area contributed by atoms with Gasteiger partial charge in [-0.15, -0.1) is 0 Å². The molecule has 1 amide bonds. The van der Waals surface area contributed by atoms with Gasteiger partial charge in [-0.3, -0.25) is 9.48 Å². The normalized spacial score (nSPS) is 25.7. The fourth-order valence-electron chi connectivity index (χ4n) is 3.70. The van der Waals surface area contributed by atoms with E-state index in [1.807, 2.05) is 31.3 Å². The van der Waals surface area contributed by atoms with Gasteiger partial charge < -0.3 is 15.2 Å². The highest BCUT2D eigenvalue weighted by Crippen LogP contribution is 2.32. The Morgan fingerprint density at radius 2 is 2.25 bits per heavy atom. The fourth-order valence-corrected chi connectivity index (χ4v) is 3.70. The molecule has 4 rings (SSSR count). The maximum atomic E-state index is 12.8. The van der Waals surface area contributed by atoms with Gasteiger partial charge in [-0.25, -0.2) is 0 Å². The molecule has 2 aromatic rings. The van der Waals surface area contributed by atoms with E-state index in [4.69, 9.17) is 4.74 Å². The molecule has 0 saturated carbocycles. The highest BCUT2D eigenvalue weighted by atomic mass is 16.5. The van der Waals surface area contributed by atoms with Crippen LogP contribution in [0.3, 0.4) is 0 Å². The van der Waals surface area contributed by atoms with Gasteiger partial charge in [-0.1, -0.05) is 24.3 Å². The molecular weight excluding hydrogens is 306 g/mol. The predicted molar refractivity (Wildman–Crippen MR) is 87.7 cm³/mol. The van der Waals surface area contributed by atoms with Crippen LogP contribution in [0.15, 0.2) is 30.5 Å². The Kier molecular flexibility index (Phi) is 3.86. The molecule has 24 heavy (non-hydrogen) atoms. The highest BCUT2D eigenvalue weighted by molar-refractivity contribution is 5.95. The second-order valence-electron chi connectivity index (χ2n) is 6.58. The summed E-state index contributed by atoms with van der Waals surface area (Å²) in [5.41, 5.74) is 3.44. The summed E-state index contributed by atoms with van der Waals surface area (Å²) in [7, 11) is 1.82. The molecule has 2 heterocycles. The molecular formula is C18H21N3O3. The Morgan fingerprint density at radius 3 is 3.04 bits per heavy atom. The van der Waals surface area contributed by atoms with E-state index >= 15 is 0 Å². The van der Waals surface area contributed by atoms with Crippen molar-refractivity contribution in [1.82, 2.24) is 15.1 Å². The maximum absolute atomic E-state index is 12.8. The van der Waals surface area contributed by atoms with Crippen molar-refractivity contribution in [2.45, 2.75) is 30.9 Å². The number of rotatable bonds is 3. The first-order valence-corrected chi connectivity index (χ1v) is 8.31. The van der Waals surface area contributed by atoms with Crippen molar-refractivity contribution >= 4 is 5.91 Å². The molecule has 2 aliphatic rings. The summed E-state index contributed by atoms with van der Waals surface area (Å²) in [6.07, 6.45) is 2.60. The van der Waals surface area contributed by atoms with Gasteiger partial charge in [-0.2, -0.15) is 5.10 Å². The van der Waals surface area contributed by atoms with E-state index in [9.17, 15) is 9.90 Å². The molecule has 1 fully saturated rings. The van der Waals surface area contributed by atoms with Gasteiger partial charge in [0.1, 0.15) is 0 Å². The minimum atomic E-state index is -0.596. The number of nitrogens with zero attached hydrogens (tertiary/aromatic N) is 2. The molecule has 3 atom stereocenters. The number of ether oxygens (including phenoxy) is 1. The van der Waals surface area contributed by atoms with Crippen LogP contribution in [0.5, 0.6) is 0 Å². The van der Waals surface area contributed by atoms with E-state index < -0.39 is 6.10 Å². The summed E-state index contributed by atoms with van der Waals surface area (Å²) < 4.78 is 7.10. The number of aliphatic hydroxyl groups excluding tert-OH is 1. The lowest BCUT2D eigenvalue weighted by molar-refractivity contribution is 0.0856. The number of hydrogen-bond donors (Lipinski definition) is 2. The van der Waals surface area contributed by atoms with E-state index in [-0.39, 0.29) is 17.9 Å². The van der Waals surface area contributed by atoms with E-state index in [2.05, 4.69) is 10.4 Å². The second kappa shape index (κ2) is 6.03. The van der Waals surface area contributed by atoms with Crippen LogP contribution in [-0.2, 0) is 18.2 Å². The van der Waals surface area contributed by atoms with Crippen LogP contribution in [0, 0.1) is 0 Å². The molecule has 1 aliphatic carbocycles. The van der Waals surface area contributed by atoms with Gasteiger partial charge in [0, 0.05) is 32.2 Å². The molecule has 0 spiro atoms. The predicted octanol–water partition coefficient (Wildman–Crippen LogP) is 1.31. The molecule has 1 aromatic heterocycles. The SMILES string of the molecule is Cn1cc(C(=O)N[C@H]2c3ccccc3C[C@H]2O)c([C@@H]2CCOC2)n1. The zero-order valence-corrected chi connectivity index (χ0v) is 13.6. The van der Waals surface area contributed by atoms with E-state index in [0.717, 1.165) is 23.2 Å². The minimum absolute atomic E-state index is 0.160. The second-order valence-corrected chi connectivity index (χ2v) is 6.58. The smallest absolute Gasteiger partial charge is 0.255 e. The first kappa shape index (κ1) is 15.4. The molecule has 0 radical (unpaired) electrons. The van der Waals surface area contributed by atoms with E-state index in [1.54, 1.807) is 10.9 Å². The number of aliphatic hydroxyl groups is 1. The van der Waals surface area contributed by atoms with Gasteiger partial charge in [-0.05, 0) is 17.5 Å². The van der Waals surface area contributed by atoms with Crippen molar-refractivity contribution in [2.24, 2.45) is 7.05 Å². The molecule has 0 bridgehead atoms. The molecule has 6 heteroatoms. The Bertz CT molecular complexity index is 765. The van der Waals surface area contributed by atoms with Crippen molar-refractivity contribution in [3.8, 4) is 0 Å². The molecule has 1 aromatic carbocycles. The Hall–Kier alpha value is -2.18. The fraction of sp³-hybridized carbons (Fsp3) is 0.444. The first-order valence-electron chi connectivity index (χ1n) is 8.31. The van der Waals surface area contributed by atoms with Crippen LogP contribution in [0.1, 0.15) is 45.6 Å². The summed E-state index contributed by atoms with van der Waals surface area (Å²) in [5.74, 6) is -0.0292. The summed E-state index contributed by atoms with van der Waals surface area (Å²) in [6.45, 7) is 1.31. The number of benzene rings is 1. The zero-order valence-electron chi connectivity index (χ0n) is 13.6. The van der Waals surface area contributed by atoms with Gasteiger partial charge in [0.15, 0.2) is 0 Å². The standard InChI is InChI=1S/C18H21N3O3/c1-21-9-14(16(20-21)12-6-7-24-10-12)18(23)19-17-13-5-3-2-4-11(13)8-15(17)22/h2-5,9,12,15,17,22H,6-8,10H2,1H3,(H,19,23)/t12-,15-,17+/m1/s1. The van der Waals surface area contributed by atoms with Crippen LogP contribution in [-0.4, -0.2) is 40.1 Å². The van der Waals surface area contributed by atoms with Gasteiger partial charge in [0.05, 0.1) is 30.0 Å². The number of carbonyl (C=O) groups excluding carboxylic acids is 1. The summed E-state index contributed by atoms with van der Waals surface area (Å²) >= 11 is 0. The quantitative estimate of drug-likeness (QED) is 0.891. The summed E-state index contributed by atoms with van der Waals surface area (Å²) in [5, 5.41) is 17.8. The molecule has 2 N–H and O–H groups in total. The Morgan fingerprint density at radius 1 is 1.42 bits per heavy atom. The number of aryl methyl sites for hydroxylation is 1. The summed E-state index contributed by atoms with van der Waals surface area (Å²) in [4.78, 5) is 12.8. The highest BCUT2D eigenvalue weighted by Gasteiger charge is 2.34. The van der Waals surface area contributed by atoms with Crippen molar-refractivity contribution in [3.63, 3.8) is 0 Å². The third-order valence-electron chi connectivity index (χ3n) is 4.91. The monoisotopic (exact) mass is 327 g/mol. The molecule has 1 aliphatic heterocycles. The van der Waals surface area contributed by atoms with Crippen LogP contribution >= 0.6 is 0 Å². The lowest BCUT2D eigenvalue weighted by Crippen LogP contribution is -2.34. The Labute approximate surface area is 140 Å². The average Bonchev–Trinajstić information content (AvgIpc) is 3.27. The molecule has 6 nitrogen and oxygen atoms in total. The van der Waals surface area contributed by atoms with Crippen molar-refractivity contribution in [1.29, 1.82) is 0 Å². The van der Waals surface area contributed by atoms with Crippen molar-refractivity contribution in [2.75, 3.05) is 13.2 Å². The van der Waals surface area contributed by atoms with Crippen LogP contribution in [0.4, 0.5) is 0 Å². The van der Waals surface area contributed by atoms with Crippen LogP contribution < -0.4 is 5.32 Å². The van der Waals surface area contributed by atoms with Crippen molar-refractivity contribution in [3.05, 3.63) is 52.8 Å². The minimum Gasteiger partial charge on any atom is -0.390 e.